The Bertz CT molecular complexity index is 874. The van der Waals surface area contributed by atoms with Gasteiger partial charge in [-0.05, 0) is 55.2 Å². The summed E-state index contributed by atoms with van der Waals surface area (Å²) in [5, 5.41) is 7.94. The van der Waals surface area contributed by atoms with Gasteiger partial charge in [-0.15, -0.1) is 5.10 Å². The number of methoxy groups -OCH3 is 1. The van der Waals surface area contributed by atoms with Gasteiger partial charge in [0, 0.05) is 5.92 Å². The Morgan fingerprint density at radius 2 is 2.08 bits per heavy atom. The van der Waals surface area contributed by atoms with Gasteiger partial charge in [0.15, 0.2) is 11.4 Å². The van der Waals surface area contributed by atoms with E-state index in [1.165, 1.54) is 31.7 Å². The summed E-state index contributed by atoms with van der Waals surface area (Å²) in [6.45, 7) is 0. The normalized spacial score (nSPS) is 15.9. The topological polar surface area (TPSA) is 61.3 Å². The zero-order valence-electron chi connectivity index (χ0n) is 14.0. The highest BCUT2D eigenvalue weighted by atomic mass is 16.5. The Labute approximate surface area is 146 Å². The summed E-state index contributed by atoms with van der Waals surface area (Å²) in [4.78, 5) is 12.3. The highest BCUT2D eigenvalue weighted by Crippen LogP contribution is 2.41. The smallest absolute Gasteiger partial charge is 0.344 e. The van der Waals surface area contributed by atoms with Gasteiger partial charge in [-0.1, -0.05) is 18.1 Å². The zero-order valence-corrected chi connectivity index (χ0v) is 14.0. The number of carbonyl (C=O) groups excluding carboxylic acids is 1. The molecule has 0 unspecified atom stereocenters. The molecule has 1 aromatic carbocycles. The van der Waals surface area contributed by atoms with Crippen LogP contribution in [-0.4, -0.2) is 23.3 Å². The van der Waals surface area contributed by atoms with Gasteiger partial charge in [0.25, 0.3) is 0 Å². The molecule has 1 heterocycles. The molecule has 0 saturated heterocycles. The Hall–Kier alpha value is -2.87. The molecule has 4 rings (SSSR count). The predicted molar refractivity (Wildman–Crippen MR) is 91.5 cm³/mol. The molecule has 2 saturated carbocycles. The van der Waals surface area contributed by atoms with Gasteiger partial charge >= 0.3 is 5.97 Å². The van der Waals surface area contributed by atoms with Crippen molar-refractivity contribution in [3.05, 3.63) is 47.3 Å². The Balaban J connectivity index is 1.68. The van der Waals surface area contributed by atoms with Crippen LogP contribution in [0.3, 0.4) is 0 Å². The van der Waals surface area contributed by atoms with Crippen LogP contribution in [0.25, 0.3) is 0 Å². The fraction of sp³-hybridized carbons (Fsp3) is 0.350. The van der Waals surface area contributed by atoms with Crippen molar-refractivity contribution < 1.29 is 14.3 Å². The molecule has 0 amide bonds. The van der Waals surface area contributed by atoms with Gasteiger partial charge < -0.3 is 9.47 Å². The second-order valence-electron chi connectivity index (χ2n) is 6.42. The maximum absolute atomic E-state index is 12.3. The van der Waals surface area contributed by atoms with Gasteiger partial charge in [0.2, 0.25) is 0 Å². The lowest BCUT2D eigenvalue weighted by Crippen LogP contribution is -2.09. The molecular formula is C20H18N2O3. The molecule has 0 aliphatic heterocycles. The van der Waals surface area contributed by atoms with Gasteiger partial charge in [0.05, 0.1) is 13.3 Å². The molecule has 0 bridgehead atoms. The van der Waals surface area contributed by atoms with E-state index in [1.807, 2.05) is 18.2 Å². The first-order valence-electron chi connectivity index (χ1n) is 8.48. The van der Waals surface area contributed by atoms with Crippen LogP contribution in [0.5, 0.6) is 11.5 Å². The third-order valence-corrected chi connectivity index (χ3v) is 4.31. The number of hydrogen-bond donors (Lipinski definition) is 0. The van der Waals surface area contributed by atoms with Crippen molar-refractivity contribution in [2.75, 3.05) is 7.11 Å². The molecule has 0 atom stereocenters. The molecule has 126 valence electrons. The van der Waals surface area contributed by atoms with Crippen LogP contribution in [0.2, 0.25) is 0 Å². The molecule has 25 heavy (non-hydrogen) atoms. The van der Waals surface area contributed by atoms with Crippen molar-refractivity contribution in [2.45, 2.75) is 31.6 Å². The Morgan fingerprint density at radius 3 is 2.80 bits per heavy atom. The minimum atomic E-state index is -0.525. The molecule has 2 aromatic rings. The SMILES string of the molecule is COC(=O)c1c(Oc2cccc(C3CC3)c2)cnnc1C#CC1CC1. The van der Waals surface area contributed by atoms with Crippen molar-refractivity contribution in [1.82, 2.24) is 10.2 Å². The number of nitrogens with zero attached hydrogens (tertiary/aromatic N) is 2. The van der Waals surface area contributed by atoms with Crippen LogP contribution >= 0.6 is 0 Å². The molecule has 1 aromatic heterocycles. The van der Waals surface area contributed by atoms with Crippen LogP contribution in [0.4, 0.5) is 0 Å². The molecule has 0 N–H and O–H groups in total. The molecule has 0 radical (unpaired) electrons. The summed E-state index contributed by atoms with van der Waals surface area (Å²) in [6.07, 6.45) is 6.05. The van der Waals surface area contributed by atoms with Crippen LogP contribution in [0.1, 0.15) is 53.2 Å². The molecule has 2 aliphatic carbocycles. The van der Waals surface area contributed by atoms with Gasteiger partial charge in [-0.2, -0.15) is 5.10 Å². The van der Waals surface area contributed by atoms with Crippen molar-refractivity contribution in [1.29, 1.82) is 0 Å². The molecule has 5 nitrogen and oxygen atoms in total. The van der Waals surface area contributed by atoms with Crippen LogP contribution < -0.4 is 4.74 Å². The van der Waals surface area contributed by atoms with Gasteiger partial charge in [-0.3, -0.25) is 0 Å². The number of aromatic nitrogens is 2. The van der Waals surface area contributed by atoms with E-state index in [9.17, 15) is 4.79 Å². The number of esters is 1. The second-order valence-corrected chi connectivity index (χ2v) is 6.42. The fourth-order valence-electron chi connectivity index (χ4n) is 2.61. The molecule has 5 heteroatoms. The second kappa shape index (κ2) is 6.56. The number of benzene rings is 1. The Kier molecular flexibility index (Phi) is 4.10. The molecule has 0 spiro atoms. The first-order valence-corrected chi connectivity index (χ1v) is 8.48. The zero-order chi connectivity index (χ0) is 17.2. The van der Waals surface area contributed by atoms with Crippen molar-refractivity contribution in [3.63, 3.8) is 0 Å². The van der Waals surface area contributed by atoms with E-state index in [1.54, 1.807) is 0 Å². The highest BCUT2D eigenvalue weighted by Gasteiger charge is 2.25. The standard InChI is InChI=1S/C20H18N2O3/c1-24-20(23)19-17(10-7-13-5-6-13)22-21-12-18(19)25-16-4-2-3-15(11-16)14-8-9-14/h2-4,11-14H,5-6,8-9H2,1H3. The maximum Gasteiger partial charge on any atom is 0.344 e. The van der Waals surface area contributed by atoms with Crippen LogP contribution in [0.15, 0.2) is 30.5 Å². The molecule has 2 fully saturated rings. The van der Waals surface area contributed by atoms with Gasteiger partial charge in [0.1, 0.15) is 11.3 Å². The number of rotatable bonds is 4. The minimum Gasteiger partial charge on any atom is -0.465 e. The largest absolute Gasteiger partial charge is 0.465 e. The van der Waals surface area contributed by atoms with Crippen molar-refractivity contribution >= 4 is 5.97 Å². The maximum atomic E-state index is 12.3. The molecular weight excluding hydrogens is 316 g/mol. The summed E-state index contributed by atoms with van der Waals surface area (Å²) < 4.78 is 10.8. The van der Waals surface area contributed by atoms with E-state index < -0.39 is 5.97 Å². The lowest BCUT2D eigenvalue weighted by Gasteiger charge is -2.11. The quantitative estimate of drug-likeness (QED) is 0.630. The van der Waals surface area contributed by atoms with E-state index in [-0.39, 0.29) is 5.56 Å². The monoisotopic (exact) mass is 334 g/mol. The number of ether oxygens (including phenoxy) is 2. The predicted octanol–water partition coefficient (Wildman–Crippen LogP) is 3.69. The minimum absolute atomic E-state index is 0.225. The third kappa shape index (κ3) is 3.63. The van der Waals surface area contributed by atoms with Crippen LogP contribution in [0, 0.1) is 17.8 Å². The first kappa shape index (κ1) is 15.6. The molecule has 2 aliphatic rings. The number of hydrogen-bond acceptors (Lipinski definition) is 5. The van der Waals surface area contributed by atoms with E-state index in [2.05, 4.69) is 28.1 Å². The van der Waals surface area contributed by atoms with E-state index in [4.69, 9.17) is 9.47 Å². The van der Waals surface area contributed by atoms with Gasteiger partial charge in [-0.25, -0.2) is 4.79 Å². The summed E-state index contributed by atoms with van der Waals surface area (Å²) in [5.41, 5.74) is 1.78. The van der Waals surface area contributed by atoms with Crippen LogP contribution in [-0.2, 0) is 4.74 Å². The van der Waals surface area contributed by atoms with Crippen molar-refractivity contribution in [2.24, 2.45) is 5.92 Å². The van der Waals surface area contributed by atoms with E-state index in [0.717, 1.165) is 12.8 Å². The van der Waals surface area contributed by atoms with E-state index >= 15 is 0 Å². The first-order chi connectivity index (χ1) is 12.2. The highest BCUT2D eigenvalue weighted by molar-refractivity contribution is 5.94. The average molecular weight is 334 g/mol. The summed E-state index contributed by atoms with van der Waals surface area (Å²) in [6, 6.07) is 7.93. The third-order valence-electron chi connectivity index (χ3n) is 4.31. The Morgan fingerprint density at radius 1 is 1.24 bits per heavy atom. The van der Waals surface area contributed by atoms with E-state index in [0.29, 0.717) is 29.0 Å². The van der Waals surface area contributed by atoms with Crippen molar-refractivity contribution in [3.8, 4) is 23.3 Å². The lowest BCUT2D eigenvalue weighted by atomic mass is 10.1. The average Bonchev–Trinajstić information content (AvgIpc) is 3.53. The summed E-state index contributed by atoms with van der Waals surface area (Å²) >= 11 is 0. The fourth-order valence-corrected chi connectivity index (χ4v) is 2.61. The summed E-state index contributed by atoms with van der Waals surface area (Å²) in [7, 11) is 1.33. The lowest BCUT2D eigenvalue weighted by molar-refractivity contribution is 0.0596. The summed E-state index contributed by atoms with van der Waals surface area (Å²) in [5.74, 6) is 7.53. The number of carbonyl (C=O) groups is 1.